The standard InChI is InChI=1S/C13H23N3OS2/c1-3-7-14-13(9-17)6-5-10(8-13)18-12-15-11(4-2)16-19-12/h10,14,17H,3-9H2,1-2H3. The van der Waals surface area contributed by atoms with Gasteiger partial charge in [0.2, 0.25) is 0 Å². The summed E-state index contributed by atoms with van der Waals surface area (Å²) in [6.45, 7) is 5.46. The molecule has 0 aromatic carbocycles. The summed E-state index contributed by atoms with van der Waals surface area (Å²) in [6.07, 6.45) is 5.23. The van der Waals surface area contributed by atoms with Gasteiger partial charge in [-0.05, 0) is 43.8 Å². The van der Waals surface area contributed by atoms with Gasteiger partial charge in [-0.1, -0.05) is 25.6 Å². The minimum Gasteiger partial charge on any atom is -0.394 e. The highest BCUT2D eigenvalue weighted by Crippen LogP contribution is 2.40. The van der Waals surface area contributed by atoms with Crippen molar-refractivity contribution < 1.29 is 5.11 Å². The first-order valence-corrected chi connectivity index (χ1v) is 8.72. The van der Waals surface area contributed by atoms with E-state index in [9.17, 15) is 5.11 Å². The van der Waals surface area contributed by atoms with Gasteiger partial charge in [0, 0.05) is 17.2 Å². The lowest BCUT2D eigenvalue weighted by atomic mass is 9.99. The smallest absolute Gasteiger partial charge is 0.170 e. The molecule has 108 valence electrons. The minimum absolute atomic E-state index is 0.0635. The Bertz CT molecular complexity index is 399. The predicted molar refractivity (Wildman–Crippen MR) is 80.9 cm³/mol. The minimum atomic E-state index is -0.0635. The first-order valence-electron chi connectivity index (χ1n) is 7.06. The number of hydrogen-bond donors (Lipinski definition) is 2. The summed E-state index contributed by atoms with van der Waals surface area (Å²) in [5, 5.41) is 13.8. The van der Waals surface area contributed by atoms with Crippen LogP contribution in [0.4, 0.5) is 0 Å². The molecular weight excluding hydrogens is 278 g/mol. The molecule has 1 fully saturated rings. The largest absolute Gasteiger partial charge is 0.394 e. The number of aryl methyl sites for hydroxylation is 1. The van der Waals surface area contributed by atoms with Crippen molar-refractivity contribution in [2.45, 2.75) is 61.1 Å². The Hall–Kier alpha value is -0.170. The van der Waals surface area contributed by atoms with Crippen molar-refractivity contribution in [1.82, 2.24) is 14.7 Å². The molecule has 2 atom stereocenters. The predicted octanol–water partition coefficient (Wildman–Crippen LogP) is 2.48. The van der Waals surface area contributed by atoms with Gasteiger partial charge in [0.15, 0.2) is 4.34 Å². The maximum Gasteiger partial charge on any atom is 0.170 e. The van der Waals surface area contributed by atoms with Crippen molar-refractivity contribution in [2.75, 3.05) is 13.2 Å². The Balaban J connectivity index is 1.89. The molecule has 1 aromatic rings. The van der Waals surface area contributed by atoms with Gasteiger partial charge in [-0.25, -0.2) is 4.98 Å². The Morgan fingerprint density at radius 3 is 3.00 bits per heavy atom. The molecule has 1 aliphatic rings. The van der Waals surface area contributed by atoms with E-state index >= 15 is 0 Å². The summed E-state index contributed by atoms with van der Waals surface area (Å²) in [5.74, 6) is 0.947. The van der Waals surface area contributed by atoms with E-state index in [2.05, 4.69) is 28.5 Å². The molecule has 2 unspecified atom stereocenters. The maximum atomic E-state index is 9.67. The number of rotatable bonds is 7. The van der Waals surface area contributed by atoms with Crippen LogP contribution in [0.15, 0.2) is 4.34 Å². The number of thioether (sulfide) groups is 1. The van der Waals surface area contributed by atoms with Crippen molar-refractivity contribution in [2.24, 2.45) is 0 Å². The molecule has 0 spiro atoms. The number of nitrogens with one attached hydrogen (secondary N) is 1. The van der Waals surface area contributed by atoms with E-state index in [0.29, 0.717) is 5.25 Å². The van der Waals surface area contributed by atoms with Crippen LogP contribution in [0.5, 0.6) is 0 Å². The summed E-state index contributed by atoms with van der Waals surface area (Å²) in [4.78, 5) is 4.52. The number of nitrogens with zero attached hydrogens (tertiary/aromatic N) is 2. The lowest BCUT2D eigenvalue weighted by Gasteiger charge is -2.28. The first kappa shape index (κ1) is 15.2. The van der Waals surface area contributed by atoms with Crippen LogP contribution in [0.3, 0.4) is 0 Å². The molecule has 0 aliphatic heterocycles. The van der Waals surface area contributed by atoms with Gasteiger partial charge < -0.3 is 10.4 Å². The van der Waals surface area contributed by atoms with Crippen LogP contribution in [0.2, 0.25) is 0 Å². The van der Waals surface area contributed by atoms with Crippen LogP contribution in [0.25, 0.3) is 0 Å². The second-order valence-electron chi connectivity index (χ2n) is 5.18. The van der Waals surface area contributed by atoms with Crippen molar-refractivity contribution in [3.63, 3.8) is 0 Å². The summed E-state index contributed by atoms with van der Waals surface area (Å²) < 4.78 is 5.40. The SMILES string of the molecule is CCCNC1(CO)CCC(Sc2nc(CC)ns2)C1. The Labute approximate surface area is 123 Å². The average molecular weight is 301 g/mol. The zero-order valence-electron chi connectivity index (χ0n) is 11.7. The van der Waals surface area contributed by atoms with Crippen LogP contribution in [0.1, 0.15) is 45.4 Å². The molecule has 1 heterocycles. The van der Waals surface area contributed by atoms with Gasteiger partial charge >= 0.3 is 0 Å². The van der Waals surface area contributed by atoms with Gasteiger partial charge in [-0.2, -0.15) is 4.37 Å². The lowest BCUT2D eigenvalue weighted by molar-refractivity contribution is 0.165. The summed E-state index contributed by atoms with van der Waals surface area (Å²) >= 11 is 3.34. The monoisotopic (exact) mass is 301 g/mol. The second-order valence-corrected chi connectivity index (χ2v) is 7.48. The summed E-state index contributed by atoms with van der Waals surface area (Å²) in [6, 6.07) is 0. The molecule has 2 N–H and O–H groups in total. The molecule has 1 saturated carbocycles. The van der Waals surface area contributed by atoms with Crippen molar-refractivity contribution >= 4 is 23.3 Å². The van der Waals surface area contributed by atoms with E-state index in [1.807, 2.05) is 11.8 Å². The molecule has 0 bridgehead atoms. The Morgan fingerprint density at radius 2 is 2.37 bits per heavy atom. The fraction of sp³-hybridized carbons (Fsp3) is 0.846. The van der Waals surface area contributed by atoms with Crippen molar-refractivity contribution in [1.29, 1.82) is 0 Å². The second kappa shape index (κ2) is 7.02. The fourth-order valence-corrected chi connectivity index (χ4v) is 4.77. The van der Waals surface area contributed by atoms with Crippen LogP contribution in [-0.4, -0.2) is 38.4 Å². The molecular formula is C13H23N3OS2. The fourth-order valence-electron chi connectivity index (χ4n) is 2.50. The number of aliphatic hydroxyl groups is 1. The van der Waals surface area contributed by atoms with Gasteiger partial charge in [0.25, 0.3) is 0 Å². The van der Waals surface area contributed by atoms with Gasteiger partial charge in [-0.15, -0.1) is 0 Å². The Kier molecular flexibility index (Phi) is 5.62. The molecule has 19 heavy (non-hydrogen) atoms. The highest BCUT2D eigenvalue weighted by Gasteiger charge is 2.38. The van der Waals surface area contributed by atoms with E-state index in [1.165, 1.54) is 11.5 Å². The quantitative estimate of drug-likeness (QED) is 0.810. The molecule has 1 aliphatic carbocycles. The third-order valence-corrected chi connectivity index (χ3v) is 5.74. The third-order valence-electron chi connectivity index (χ3n) is 3.65. The normalized spacial score (nSPS) is 27.0. The van der Waals surface area contributed by atoms with E-state index in [1.54, 1.807) is 0 Å². The molecule has 1 aromatic heterocycles. The first-order chi connectivity index (χ1) is 9.21. The Morgan fingerprint density at radius 1 is 1.53 bits per heavy atom. The lowest BCUT2D eigenvalue weighted by Crippen LogP contribution is -2.46. The summed E-state index contributed by atoms with van der Waals surface area (Å²) in [5.41, 5.74) is -0.0635. The topological polar surface area (TPSA) is 58.0 Å². The zero-order chi connectivity index (χ0) is 13.7. The van der Waals surface area contributed by atoms with E-state index < -0.39 is 0 Å². The molecule has 0 radical (unpaired) electrons. The van der Waals surface area contributed by atoms with E-state index in [4.69, 9.17) is 0 Å². The zero-order valence-corrected chi connectivity index (χ0v) is 13.3. The number of aliphatic hydroxyl groups excluding tert-OH is 1. The molecule has 0 saturated heterocycles. The van der Waals surface area contributed by atoms with E-state index in [0.717, 1.165) is 48.8 Å². The molecule has 2 rings (SSSR count). The maximum absolute atomic E-state index is 9.67. The van der Waals surface area contributed by atoms with Gasteiger partial charge in [0.1, 0.15) is 5.82 Å². The molecule has 0 amide bonds. The van der Waals surface area contributed by atoms with Crippen LogP contribution >= 0.6 is 23.3 Å². The van der Waals surface area contributed by atoms with Crippen LogP contribution < -0.4 is 5.32 Å². The molecule has 6 heteroatoms. The third kappa shape index (κ3) is 3.90. The highest BCUT2D eigenvalue weighted by atomic mass is 32.2. The number of hydrogen-bond acceptors (Lipinski definition) is 6. The van der Waals surface area contributed by atoms with E-state index in [-0.39, 0.29) is 12.1 Å². The van der Waals surface area contributed by atoms with Crippen molar-refractivity contribution in [3.8, 4) is 0 Å². The summed E-state index contributed by atoms with van der Waals surface area (Å²) in [7, 11) is 0. The average Bonchev–Trinajstić information content (AvgIpc) is 3.05. The van der Waals surface area contributed by atoms with Crippen LogP contribution in [0, 0.1) is 0 Å². The van der Waals surface area contributed by atoms with Gasteiger partial charge in [0.05, 0.1) is 6.61 Å². The van der Waals surface area contributed by atoms with Crippen molar-refractivity contribution in [3.05, 3.63) is 5.82 Å². The molecule has 4 nitrogen and oxygen atoms in total. The van der Waals surface area contributed by atoms with Crippen LogP contribution in [-0.2, 0) is 6.42 Å². The number of aromatic nitrogens is 2. The van der Waals surface area contributed by atoms with Gasteiger partial charge in [-0.3, -0.25) is 0 Å². The highest BCUT2D eigenvalue weighted by molar-refractivity contribution is 8.01.